The summed E-state index contributed by atoms with van der Waals surface area (Å²) >= 11 is 0. The van der Waals surface area contributed by atoms with Gasteiger partial charge in [-0.1, -0.05) is 0 Å². The van der Waals surface area contributed by atoms with Crippen molar-refractivity contribution in [2.75, 3.05) is 13.1 Å². The van der Waals surface area contributed by atoms with Crippen LogP contribution in [0.25, 0.3) is 0 Å². The normalized spacial score (nSPS) is 20.2. The van der Waals surface area contributed by atoms with E-state index < -0.39 is 12.0 Å². The third-order valence-electron chi connectivity index (χ3n) is 2.18. The number of hydrogen-bond acceptors (Lipinski definition) is 2. The molecule has 1 saturated heterocycles. The van der Waals surface area contributed by atoms with Crippen molar-refractivity contribution in [1.29, 1.82) is 0 Å². The van der Waals surface area contributed by atoms with Crippen LogP contribution in [0.1, 0.15) is 19.3 Å². The van der Waals surface area contributed by atoms with E-state index >= 15 is 0 Å². The van der Waals surface area contributed by atoms with Crippen molar-refractivity contribution in [1.82, 2.24) is 4.90 Å². The highest BCUT2D eigenvalue weighted by molar-refractivity contribution is 5.73. The van der Waals surface area contributed by atoms with Crippen LogP contribution < -0.4 is 0 Å². The molecule has 0 spiro atoms. The van der Waals surface area contributed by atoms with Crippen molar-refractivity contribution in [3.63, 3.8) is 0 Å². The minimum absolute atomic E-state index is 0.315. The fourth-order valence-electron chi connectivity index (χ4n) is 1.54. The van der Waals surface area contributed by atoms with Crippen LogP contribution in [0.5, 0.6) is 0 Å². The van der Waals surface area contributed by atoms with Crippen LogP contribution >= 0.6 is 0 Å². The second-order valence-electron chi connectivity index (χ2n) is 3.01. The summed E-state index contributed by atoms with van der Waals surface area (Å²) in [6.07, 6.45) is 7.59. The molecule has 0 aromatic rings. The molecule has 1 rings (SSSR count). The average molecular weight is 167 g/mol. The monoisotopic (exact) mass is 167 g/mol. The Morgan fingerprint density at radius 2 is 2.17 bits per heavy atom. The predicted molar refractivity (Wildman–Crippen MR) is 45.7 cm³/mol. The molecule has 0 saturated carbocycles. The number of rotatable bonds is 3. The van der Waals surface area contributed by atoms with Gasteiger partial charge in [0.25, 0.3) is 0 Å². The fraction of sp³-hybridized carbons (Fsp3) is 0.667. The standard InChI is InChI=1S/C9H13NO2/c1-2-5-8(9(11)12)10-6-3-4-7-10/h1,8H,3-7H2,(H,11,12). The van der Waals surface area contributed by atoms with Crippen molar-refractivity contribution in [2.24, 2.45) is 0 Å². The van der Waals surface area contributed by atoms with Gasteiger partial charge in [0.2, 0.25) is 0 Å². The van der Waals surface area contributed by atoms with E-state index in [9.17, 15) is 4.79 Å². The lowest BCUT2D eigenvalue weighted by Crippen LogP contribution is -2.38. The van der Waals surface area contributed by atoms with Crippen LogP contribution in [0.3, 0.4) is 0 Å². The first-order valence-electron chi connectivity index (χ1n) is 4.16. The van der Waals surface area contributed by atoms with Gasteiger partial charge in [-0.15, -0.1) is 12.3 Å². The van der Waals surface area contributed by atoms with E-state index in [0.29, 0.717) is 6.42 Å². The molecule has 1 N–H and O–H groups in total. The molecule has 0 aromatic carbocycles. The van der Waals surface area contributed by atoms with Crippen molar-refractivity contribution in [2.45, 2.75) is 25.3 Å². The number of carboxylic acids is 1. The summed E-state index contributed by atoms with van der Waals surface area (Å²) in [7, 11) is 0. The van der Waals surface area contributed by atoms with Gasteiger partial charge in [0.15, 0.2) is 0 Å². The Labute approximate surface area is 72.4 Å². The zero-order valence-electron chi connectivity index (χ0n) is 6.99. The number of terminal acetylenes is 1. The summed E-state index contributed by atoms with van der Waals surface area (Å²) in [6, 6.07) is -0.461. The summed E-state index contributed by atoms with van der Waals surface area (Å²) in [5.41, 5.74) is 0. The molecule has 1 heterocycles. The maximum atomic E-state index is 10.7. The topological polar surface area (TPSA) is 40.5 Å². The lowest BCUT2D eigenvalue weighted by molar-refractivity contribution is -0.142. The number of nitrogens with zero attached hydrogens (tertiary/aromatic N) is 1. The third kappa shape index (κ3) is 1.99. The Morgan fingerprint density at radius 3 is 2.58 bits per heavy atom. The molecule has 12 heavy (non-hydrogen) atoms. The van der Waals surface area contributed by atoms with Gasteiger partial charge in [-0.05, 0) is 25.9 Å². The molecule has 1 atom stereocenters. The number of hydrogen-bond donors (Lipinski definition) is 1. The van der Waals surface area contributed by atoms with Gasteiger partial charge in [0.05, 0.1) is 0 Å². The van der Waals surface area contributed by atoms with Gasteiger partial charge < -0.3 is 5.11 Å². The number of aliphatic carboxylic acids is 1. The highest BCUT2D eigenvalue weighted by Gasteiger charge is 2.26. The van der Waals surface area contributed by atoms with E-state index in [1.54, 1.807) is 0 Å². The van der Waals surface area contributed by atoms with E-state index in [-0.39, 0.29) is 0 Å². The molecule has 0 bridgehead atoms. The molecule has 66 valence electrons. The van der Waals surface area contributed by atoms with Crippen molar-refractivity contribution in [3.05, 3.63) is 0 Å². The molecule has 0 radical (unpaired) electrons. The van der Waals surface area contributed by atoms with Crippen LogP contribution in [-0.2, 0) is 4.79 Å². The third-order valence-corrected chi connectivity index (χ3v) is 2.18. The number of likely N-dealkylation sites (tertiary alicyclic amines) is 1. The molecule has 3 nitrogen and oxygen atoms in total. The van der Waals surface area contributed by atoms with E-state index in [0.717, 1.165) is 25.9 Å². The number of carboxylic acid groups (broad SMARTS) is 1. The quantitative estimate of drug-likeness (QED) is 0.624. The molecule has 0 aliphatic carbocycles. The SMILES string of the molecule is C#CCC(C(=O)O)N1CCCC1. The van der Waals surface area contributed by atoms with Crippen molar-refractivity contribution >= 4 is 5.97 Å². The van der Waals surface area contributed by atoms with Crippen LogP contribution in [0.2, 0.25) is 0 Å². The minimum atomic E-state index is -0.796. The first kappa shape index (κ1) is 9.08. The lowest BCUT2D eigenvalue weighted by Gasteiger charge is -2.21. The van der Waals surface area contributed by atoms with Crippen molar-refractivity contribution in [3.8, 4) is 12.3 Å². The molecular weight excluding hydrogens is 154 g/mol. The Morgan fingerprint density at radius 1 is 1.58 bits per heavy atom. The highest BCUT2D eigenvalue weighted by Crippen LogP contribution is 2.13. The summed E-state index contributed by atoms with van der Waals surface area (Å²) in [5.74, 6) is 1.61. The largest absolute Gasteiger partial charge is 0.480 e. The Kier molecular flexibility index (Phi) is 3.12. The molecule has 1 fully saturated rings. The Balaban J connectivity index is 2.52. The minimum Gasteiger partial charge on any atom is -0.480 e. The fourth-order valence-corrected chi connectivity index (χ4v) is 1.54. The molecule has 1 unspecified atom stereocenters. The summed E-state index contributed by atoms with van der Waals surface area (Å²) in [5, 5.41) is 8.83. The van der Waals surface area contributed by atoms with Gasteiger partial charge in [-0.3, -0.25) is 9.69 Å². The molecule has 0 amide bonds. The van der Waals surface area contributed by atoms with Gasteiger partial charge in [-0.25, -0.2) is 0 Å². The van der Waals surface area contributed by atoms with Crippen LogP contribution in [0.4, 0.5) is 0 Å². The number of carbonyl (C=O) groups is 1. The van der Waals surface area contributed by atoms with E-state index in [1.165, 1.54) is 0 Å². The lowest BCUT2D eigenvalue weighted by atomic mass is 10.2. The van der Waals surface area contributed by atoms with Gasteiger partial charge in [0.1, 0.15) is 6.04 Å². The second kappa shape index (κ2) is 4.13. The highest BCUT2D eigenvalue weighted by atomic mass is 16.4. The Hall–Kier alpha value is -1.01. The summed E-state index contributed by atoms with van der Waals surface area (Å²) in [6.45, 7) is 1.75. The van der Waals surface area contributed by atoms with Gasteiger partial charge in [-0.2, -0.15) is 0 Å². The molecule has 1 aliphatic rings. The second-order valence-corrected chi connectivity index (χ2v) is 3.01. The first-order chi connectivity index (χ1) is 5.75. The van der Waals surface area contributed by atoms with E-state index in [4.69, 9.17) is 11.5 Å². The maximum Gasteiger partial charge on any atom is 0.321 e. The van der Waals surface area contributed by atoms with Crippen LogP contribution in [0, 0.1) is 12.3 Å². The summed E-state index contributed by atoms with van der Waals surface area (Å²) < 4.78 is 0. The molecule has 3 heteroatoms. The van der Waals surface area contributed by atoms with Crippen LogP contribution in [0.15, 0.2) is 0 Å². The maximum absolute atomic E-state index is 10.7. The smallest absolute Gasteiger partial charge is 0.321 e. The average Bonchev–Trinajstić information content (AvgIpc) is 2.51. The van der Waals surface area contributed by atoms with E-state index in [1.807, 2.05) is 4.90 Å². The molecular formula is C9H13NO2. The zero-order valence-corrected chi connectivity index (χ0v) is 6.99. The van der Waals surface area contributed by atoms with Gasteiger partial charge >= 0.3 is 5.97 Å². The van der Waals surface area contributed by atoms with E-state index in [2.05, 4.69) is 5.92 Å². The molecule has 1 aliphatic heterocycles. The van der Waals surface area contributed by atoms with Crippen molar-refractivity contribution < 1.29 is 9.90 Å². The van der Waals surface area contributed by atoms with Crippen LogP contribution in [-0.4, -0.2) is 35.1 Å². The first-order valence-corrected chi connectivity index (χ1v) is 4.16. The summed E-state index contributed by atoms with van der Waals surface area (Å²) in [4.78, 5) is 12.7. The molecule has 0 aromatic heterocycles. The zero-order chi connectivity index (χ0) is 8.97. The van der Waals surface area contributed by atoms with Gasteiger partial charge in [0, 0.05) is 6.42 Å². The predicted octanol–water partition coefficient (Wildman–Crippen LogP) is 0.559. The Bertz CT molecular complexity index is 201.